The quantitative estimate of drug-likeness (QED) is 0.879. The second kappa shape index (κ2) is 6.23. The molecular formula is C17H24O2. The van der Waals surface area contributed by atoms with Crippen molar-refractivity contribution in [2.24, 2.45) is 11.8 Å². The van der Waals surface area contributed by atoms with E-state index < -0.39 is 5.97 Å². The SMILES string of the molecule is CC(C)c1ccc(CC2CCC(C(=O)O)CC2)cc1. The Kier molecular flexibility index (Phi) is 4.62. The lowest BCUT2D eigenvalue weighted by molar-refractivity contribution is -0.143. The van der Waals surface area contributed by atoms with Gasteiger partial charge in [0.1, 0.15) is 0 Å². The fraction of sp³-hybridized carbons (Fsp3) is 0.588. The molecule has 0 aliphatic heterocycles. The van der Waals surface area contributed by atoms with Gasteiger partial charge in [0.2, 0.25) is 0 Å². The molecule has 104 valence electrons. The van der Waals surface area contributed by atoms with E-state index in [1.807, 2.05) is 0 Å². The summed E-state index contributed by atoms with van der Waals surface area (Å²) in [6, 6.07) is 8.92. The van der Waals surface area contributed by atoms with Crippen LogP contribution in [0.4, 0.5) is 0 Å². The largest absolute Gasteiger partial charge is 0.481 e. The van der Waals surface area contributed by atoms with E-state index in [2.05, 4.69) is 38.1 Å². The predicted octanol–water partition coefficient (Wildman–Crippen LogP) is 4.24. The van der Waals surface area contributed by atoms with Gasteiger partial charge in [0.15, 0.2) is 0 Å². The molecule has 0 radical (unpaired) electrons. The van der Waals surface area contributed by atoms with Crippen LogP contribution in [0.5, 0.6) is 0 Å². The highest BCUT2D eigenvalue weighted by molar-refractivity contribution is 5.69. The van der Waals surface area contributed by atoms with E-state index in [0.29, 0.717) is 11.8 Å². The fourth-order valence-electron chi connectivity index (χ4n) is 2.99. The monoisotopic (exact) mass is 260 g/mol. The van der Waals surface area contributed by atoms with Crippen molar-refractivity contribution in [3.05, 3.63) is 35.4 Å². The van der Waals surface area contributed by atoms with Crippen LogP contribution >= 0.6 is 0 Å². The zero-order valence-corrected chi connectivity index (χ0v) is 11.9. The van der Waals surface area contributed by atoms with E-state index in [9.17, 15) is 4.79 Å². The molecule has 1 fully saturated rings. The first-order chi connectivity index (χ1) is 9.06. The minimum absolute atomic E-state index is 0.0976. The van der Waals surface area contributed by atoms with Crippen molar-refractivity contribution in [3.63, 3.8) is 0 Å². The van der Waals surface area contributed by atoms with E-state index in [-0.39, 0.29) is 5.92 Å². The molecule has 0 unspecified atom stereocenters. The van der Waals surface area contributed by atoms with E-state index in [1.165, 1.54) is 11.1 Å². The van der Waals surface area contributed by atoms with Crippen molar-refractivity contribution in [1.82, 2.24) is 0 Å². The van der Waals surface area contributed by atoms with Gasteiger partial charge in [0.25, 0.3) is 0 Å². The molecule has 2 nitrogen and oxygen atoms in total. The summed E-state index contributed by atoms with van der Waals surface area (Å²) in [5, 5.41) is 9.00. The zero-order valence-electron chi connectivity index (χ0n) is 11.9. The van der Waals surface area contributed by atoms with Crippen LogP contribution in [0.3, 0.4) is 0 Å². The lowest BCUT2D eigenvalue weighted by Gasteiger charge is -2.26. The normalized spacial score (nSPS) is 23.5. The molecule has 0 amide bonds. The lowest BCUT2D eigenvalue weighted by Crippen LogP contribution is -2.22. The second-order valence-corrected chi connectivity index (χ2v) is 6.16. The highest BCUT2D eigenvalue weighted by Gasteiger charge is 2.25. The number of hydrogen-bond donors (Lipinski definition) is 1. The van der Waals surface area contributed by atoms with Crippen LogP contribution in [0.1, 0.15) is 56.6 Å². The number of carboxylic acids is 1. The summed E-state index contributed by atoms with van der Waals surface area (Å²) in [6.45, 7) is 4.42. The Hall–Kier alpha value is -1.31. The maximum Gasteiger partial charge on any atom is 0.306 e. The number of aliphatic carboxylic acids is 1. The van der Waals surface area contributed by atoms with Crippen molar-refractivity contribution in [1.29, 1.82) is 0 Å². The summed E-state index contributed by atoms with van der Waals surface area (Å²) in [4.78, 5) is 10.9. The zero-order chi connectivity index (χ0) is 13.8. The number of carboxylic acid groups (broad SMARTS) is 1. The number of benzene rings is 1. The first-order valence-electron chi connectivity index (χ1n) is 7.38. The van der Waals surface area contributed by atoms with Gasteiger partial charge in [-0.25, -0.2) is 0 Å². The van der Waals surface area contributed by atoms with Gasteiger partial charge in [-0.2, -0.15) is 0 Å². The molecule has 0 bridgehead atoms. The van der Waals surface area contributed by atoms with Crippen molar-refractivity contribution >= 4 is 5.97 Å². The summed E-state index contributed by atoms with van der Waals surface area (Å²) in [6.07, 6.45) is 4.92. The van der Waals surface area contributed by atoms with Crippen molar-refractivity contribution in [2.45, 2.75) is 51.9 Å². The fourth-order valence-corrected chi connectivity index (χ4v) is 2.99. The summed E-state index contributed by atoms with van der Waals surface area (Å²) >= 11 is 0. The van der Waals surface area contributed by atoms with E-state index in [0.717, 1.165) is 32.1 Å². The highest BCUT2D eigenvalue weighted by atomic mass is 16.4. The minimum atomic E-state index is -0.611. The predicted molar refractivity (Wildman–Crippen MR) is 77.3 cm³/mol. The molecule has 0 spiro atoms. The number of carbonyl (C=O) groups is 1. The van der Waals surface area contributed by atoms with E-state index >= 15 is 0 Å². The number of hydrogen-bond acceptors (Lipinski definition) is 1. The smallest absolute Gasteiger partial charge is 0.306 e. The first kappa shape index (κ1) is 14.1. The molecule has 2 rings (SSSR count). The van der Waals surface area contributed by atoms with Gasteiger partial charge in [-0.1, -0.05) is 38.1 Å². The van der Waals surface area contributed by atoms with Crippen LogP contribution in [-0.2, 0) is 11.2 Å². The summed E-state index contributed by atoms with van der Waals surface area (Å²) < 4.78 is 0. The maximum absolute atomic E-state index is 10.9. The second-order valence-electron chi connectivity index (χ2n) is 6.16. The van der Waals surface area contributed by atoms with Gasteiger partial charge in [-0.15, -0.1) is 0 Å². The van der Waals surface area contributed by atoms with Crippen molar-refractivity contribution in [2.75, 3.05) is 0 Å². The third-order valence-corrected chi connectivity index (χ3v) is 4.37. The van der Waals surface area contributed by atoms with Crippen LogP contribution < -0.4 is 0 Å². The molecule has 0 atom stereocenters. The lowest BCUT2D eigenvalue weighted by atomic mass is 9.79. The van der Waals surface area contributed by atoms with Crippen LogP contribution in [0.25, 0.3) is 0 Å². The molecule has 1 saturated carbocycles. The standard InChI is InChI=1S/C17H24O2/c1-12(2)15-7-3-13(4-8-15)11-14-5-9-16(10-6-14)17(18)19/h3-4,7-8,12,14,16H,5-6,9-11H2,1-2H3,(H,18,19). The van der Waals surface area contributed by atoms with Crippen molar-refractivity contribution in [3.8, 4) is 0 Å². The average Bonchev–Trinajstić information content (AvgIpc) is 2.40. The molecule has 0 heterocycles. The Labute approximate surface area is 115 Å². The number of rotatable bonds is 4. The van der Waals surface area contributed by atoms with Gasteiger partial charge in [0.05, 0.1) is 5.92 Å². The molecule has 2 heteroatoms. The topological polar surface area (TPSA) is 37.3 Å². The molecule has 1 N–H and O–H groups in total. The Bertz CT molecular complexity index is 411. The molecule has 1 aliphatic rings. The third kappa shape index (κ3) is 3.82. The molecule has 0 saturated heterocycles. The molecule has 1 aromatic carbocycles. The molecular weight excluding hydrogens is 236 g/mol. The van der Waals surface area contributed by atoms with Gasteiger partial charge in [-0.3, -0.25) is 4.79 Å². The van der Waals surface area contributed by atoms with Gasteiger partial charge >= 0.3 is 5.97 Å². The maximum atomic E-state index is 10.9. The highest BCUT2D eigenvalue weighted by Crippen LogP contribution is 2.31. The molecule has 19 heavy (non-hydrogen) atoms. The van der Waals surface area contributed by atoms with Crippen molar-refractivity contribution < 1.29 is 9.90 Å². The van der Waals surface area contributed by atoms with Gasteiger partial charge in [0, 0.05) is 0 Å². The average molecular weight is 260 g/mol. The van der Waals surface area contributed by atoms with Crippen LogP contribution in [-0.4, -0.2) is 11.1 Å². The molecule has 1 aliphatic carbocycles. The Morgan fingerprint density at radius 2 is 1.74 bits per heavy atom. The summed E-state index contributed by atoms with van der Waals surface area (Å²) in [5.41, 5.74) is 2.78. The Balaban J connectivity index is 1.87. The molecule has 0 aromatic heterocycles. The van der Waals surface area contributed by atoms with E-state index in [1.54, 1.807) is 0 Å². The minimum Gasteiger partial charge on any atom is -0.481 e. The molecule has 1 aromatic rings. The Morgan fingerprint density at radius 3 is 2.21 bits per heavy atom. The van der Waals surface area contributed by atoms with Crippen LogP contribution in [0, 0.1) is 11.8 Å². The summed E-state index contributed by atoms with van der Waals surface area (Å²) in [7, 11) is 0. The van der Waals surface area contributed by atoms with Crippen LogP contribution in [0.15, 0.2) is 24.3 Å². The van der Waals surface area contributed by atoms with Crippen LogP contribution in [0.2, 0.25) is 0 Å². The summed E-state index contributed by atoms with van der Waals surface area (Å²) in [5.74, 6) is 0.542. The third-order valence-electron chi connectivity index (χ3n) is 4.37. The Morgan fingerprint density at radius 1 is 1.16 bits per heavy atom. The van der Waals surface area contributed by atoms with Gasteiger partial charge in [-0.05, 0) is 55.1 Å². The first-order valence-corrected chi connectivity index (χ1v) is 7.38. The van der Waals surface area contributed by atoms with Gasteiger partial charge < -0.3 is 5.11 Å². The van der Waals surface area contributed by atoms with E-state index in [4.69, 9.17) is 5.11 Å².